The van der Waals surface area contributed by atoms with Crippen LogP contribution in [0.5, 0.6) is 0 Å². The van der Waals surface area contributed by atoms with Gasteiger partial charge in [-0.3, -0.25) is 9.59 Å². The van der Waals surface area contributed by atoms with Gasteiger partial charge >= 0.3 is 0 Å². The zero-order valence-electron chi connectivity index (χ0n) is 12.0. The second-order valence-corrected chi connectivity index (χ2v) is 6.60. The molecule has 1 atom stereocenters. The summed E-state index contributed by atoms with van der Waals surface area (Å²) < 4.78 is 1.84. The van der Waals surface area contributed by atoms with Crippen LogP contribution < -0.4 is 5.32 Å². The highest BCUT2D eigenvalue weighted by molar-refractivity contribution is 7.99. The van der Waals surface area contributed by atoms with Gasteiger partial charge in [0.25, 0.3) is 0 Å². The quantitative estimate of drug-likeness (QED) is 0.592. The summed E-state index contributed by atoms with van der Waals surface area (Å²) in [6, 6.07) is 0.404. The molecule has 1 saturated heterocycles. The van der Waals surface area contributed by atoms with Gasteiger partial charge in [-0.25, -0.2) is 0 Å². The highest BCUT2D eigenvalue weighted by Gasteiger charge is 2.41. The van der Waals surface area contributed by atoms with Crippen LogP contribution in [-0.4, -0.2) is 56.4 Å². The molecule has 1 aromatic rings. The summed E-state index contributed by atoms with van der Waals surface area (Å²) in [7, 11) is 1.89. The van der Waals surface area contributed by atoms with Crippen molar-refractivity contribution in [3.8, 4) is 0 Å². The molecular formula is C13H19N5O2S. The predicted molar refractivity (Wildman–Crippen MR) is 77.6 cm³/mol. The molecule has 2 amide bonds. The molecule has 1 aliphatic heterocycles. The van der Waals surface area contributed by atoms with Crippen molar-refractivity contribution in [2.45, 2.75) is 30.5 Å². The Bertz CT molecular complexity index is 542. The van der Waals surface area contributed by atoms with Crippen LogP contribution >= 0.6 is 11.8 Å². The minimum atomic E-state index is -0.182. The molecule has 7 nitrogen and oxygen atoms in total. The highest BCUT2D eigenvalue weighted by atomic mass is 32.2. The maximum absolute atomic E-state index is 12.1. The summed E-state index contributed by atoms with van der Waals surface area (Å²) in [4.78, 5) is 25.8. The lowest BCUT2D eigenvalue weighted by atomic mass is 10.1. The fourth-order valence-electron chi connectivity index (χ4n) is 2.51. The summed E-state index contributed by atoms with van der Waals surface area (Å²) in [5, 5.41) is 11.5. The third kappa shape index (κ3) is 3.37. The van der Waals surface area contributed by atoms with Gasteiger partial charge in [-0.05, 0) is 12.8 Å². The number of amides is 2. The third-order valence-electron chi connectivity index (χ3n) is 3.82. The molecule has 0 radical (unpaired) electrons. The lowest BCUT2D eigenvalue weighted by molar-refractivity contribution is -0.129. The number of likely N-dealkylation sites (tertiary alicyclic amines) is 1. The summed E-state index contributed by atoms with van der Waals surface area (Å²) in [6.07, 6.45) is 4.19. The van der Waals surface area contributed by atoms with E-state index in [1.54, 1.807) is 18.1 Å². The highest BCUT2D eigenvalue weighted by Crippen LogP contribution is 2.32. The second-order valence-electron chi connectivity index (χ2n) is 5.54. The molecule has 1 N–H and O–H groups in total. The molecule has 2 heterocycles. The molecule has 3 rings (SSSR count). The molecule has 1 aromatic heterocycles. The number of hydrogen-bond donors (Lipinski definition) is 1. The van der Waals surface area contributed by atoms with E-state index in [9.17, 15) is 9.59 Å². The van der Waals surface area contributed by atoms with Crippen molar-refractivity contribution >= 4 is 23.6 Å². The number of aryl methyl sites for hydroxylation is 1. The van der Waals surface area contributed by atoms with Gasteiger partial charge in [0.2, 0.25) is 11.8 Å². The van der Waals surface area contributed by atoms with E-state index in [-0.39, 0.29) is 17.7 Å². The van der Waals surface area contributed by atoms with Crippen LogP contribution in [0.2, 0.25) is 0 Å². The molecule has 8 heteroatoms. The standard InChI is InChI=1S/C13H19N5O2S/c1-17-8-15-16-13(17)21-5-4-14-12(20)9-6-11(19)18(7-9)10-2-3-10/h8-10H,2-7H2,1H3,(H,14,20)/t9-/m1/s1. The predicted octanol–water partition coefficient (Wildman–Crippen LogP) is 0.0343. The fraction of sp³-hybridized carbons (Fsp3) is 0.692. The monoisotopic (exact) mass is 309 g/mol. The number of nitrogens with zero attached hydrogens (tertiary/aromatic N) is 4. The normalized spacial score (nSPS) is 21.9. The van der Waals surface area contributed by atoms with Crippen LogP contribution in [-0.2, 0) is 16.6 Å². The first-order valence-corrected chi connectivity index (χ1v) is 8.17. The Kier molecular flexibility index (Phi) is 4.14. The average Bonchev–Trinajstić information content (AvgIpc) is 3.11. The lowest BCUT2D eigenvalue weighted by Crippen LogP contribution is -2.34. The van der Waals surface area contributed by atoms with Gasteiger partial charge in [0.1, 0.15) is 6.33 Å². The number of hydrogen-bond acceptors (Lipinski definition) is 5. The number of thioether (sulfide) groups is 1. The fourth-order valence-corrected chi connectivity index (χ4v) is 3.25. The molecule has 1 aliphatic carbocycles. The van der Waals surface area contributed by atoms with E-state index in [0.29, 0.717) is 25.6 Å². The van der Waals surface area contributed by atoms with E-state index in [4.69, 9.17) is 0 Å². The Balaban J connectivity index is 1.38. The van der Waals surface area contributed by atoms with E-state index >= 15 is 0 Å². The Labute approximate surface area is 127 Å². The van der Waals surface area contributed by atoms with Crippen molar-refractivity contribution in [2.24, 2.45) is 13.0 Å². The van der Waals surface area contributed by atoms with Gasteiger partial charge < -0.3 is 14.8 Å². The molecule has 0 aromatic carbocycles. The van der Waals surface area contributed by atoms with E-state index in [1.165, 1.54) is 0 Å². The van der Waals surface area contributed by atoms with Crippen molar-refractivity contribution in [1.82, 2.24) is 25.0 Å². The first-order chi connectivity index (χ1) is 10.1. The zero-order valence-corrected chi connectivity index (χ0v) is 12.8. The molecule has 114 valence electrons. The summed E-state index contributed by atoms with van der Waals surface area (Å²) in [5.41, 5.74) is 0. The summed E-state index contributed by atoms with van der Waals surface area (Å²) in [5.74, 6) is 0.680. The third-order valence-corrected chi connectivity index (χ3v) is 4.86. The maximum atomic E-state index is 12.1. The minimum Gasteiger partial charge on any atom is -0.355 e. The van der Waals surface area contributed by atoms with Crippen LogP contribution in [0.15, 0.2) is 11.5 Å². The molecule has 0 spiro atoms. The van der Waals surface area contributed by atoms with Crippen molar-refractivity contribution in [3.05, 3.63) is 6.33 Å². The van der Waals surface area contributed by atoms with Crippen molar-refractivity contribution in [1.29, 1.82) is 0 Å². The van der Waals surface area contributed by atoms with Crippen LogP contribution in [0, 0.1) is 5.92 Å². The van der Waals surface area contributed by atoms with Gasteiger partial charge in [0, 0.05) is 38.4 Å². The van der Waals surface area contributed by atoms with Crippen LogP contribution in [0.1, 0.15) is 19.3 Å². The molecule has 21 heavy (non-hydrogen) atoms. The smallest absolute Gasteiger partial charge is 0.225 e. The Morgan fingerprint density at radius 3 is 3.00 bits per heavy atom. The van der Waals surface area contributed by atoms with Crippen molar-refractivity contribution in [2.75, 3.05) is 18.8 Å². The van der Waals surface area contributed by atoms with E-state index < -0.39 is 0 Å². The molecule has 1 saturated carbocycles. The number of carbonyl (C=O) groups is 2. The largest absolute Gasteiger partial charge is 0.355 e. The van der Waals surface area contributed by atoms with Gasteiger partial charge in [0.05, 0.1) is 5.92 Å². The van der Waals surface area contributed by atoms with E-state index in [2.05, 4.69) is 15.5 Å². The number of carbonyl (C=O) groups excluding carboxylic acids is 2. The summed E-state index contributed by atoms with van der Waals surface area (Å²) in [6.45, 7) is 1.16. The van der Waals surface area contributed by atoms with Crippen LogP contribution in [0.4, 0.5) is 0 Å². The molecule has 0 bridgehead atoms. The minimum absolute atomic E-state index is 0.00920. The number of rotatable bonds is 6. The molecule has 0 unspecified atom stereocenters. The van der Waals surface area contributed by atoms with Crippen LogP contribution in [0.3, 0.4) is 0 Å². The zero-order chi connectivity index (χ0) is 14.8. The number of aromatic nitrogens is 3. The molecule has 2 fully saturated rings. The average molecular weight is 309 g/mol. The second kappa shape index (κ2) is 6.05. The SMILES string of the molecule is Cn1cnnc1SCCNC(=O)[C@@H]1CC(=O)N(C2CC2)C1. The van der Waals surface area contributed by atoms with Crippen molar-refractivity contribution < 1.29 is 9.59 Å². The first kappa shape index (κ1) is 14.4. The van der Waals surface area contributed by atoms with Gasteiger partial charge in [-0.15, -0.1) is 10.2 Å². The Morgan fingerprint density at radius 1 is 1.52 bits per heavy atom. The van der Waals surface area contributed by atoms with Gasteiger partial charge in [-0.2, -0.15) is 0 Å². The van der Waals surface area contributed by atoms with Gasteiger partial charge in [-0.1, -0.05) is 11.8 Å². The topological polar surface area (TPSA) is 80.1 Å². The maximum Gasteiger partial charge on any atom is 0.225 e. The first-order valence-electron chi connectivity index (χ1n) is 7.19. The van der Waals surface area contributed by atoms with E-state index in [0.717, 1.165) is 23.8 Å². The lowest BCUT2D eigenvalue weighted by Gasteiger charge is -2.15. The Hall–Kier alpha value is -1.57. The summed E-state index contributed by atoms with van der Waals surface area (Å²) >= 11 is 1.55. The van der Waals surface area contributed by atoms with Crippen molar-refractivity contribution in [3.63, 3.8) is 0 Å². The van der Waals surface area contributed by atoms with E-state index in [1.807, 2.05) is 16.5 Å². The molecule has 2 aliphatic rings. The number of nitrogens with one attached hydrogen (secondary N) is 1. The van der Waals surface area contributed by atoms with Gasteiger partial charge in [0.15, 0.2) is 5.16 Å². The Morgan fingerprint density at radius 2 is 2.33 bits per heavy atom. The molecular weight excluding hydrogens is 290 g/mol. The van der Waals surface area contributed by atoms with Crippen LogP contribution in [0.25, 0.3) is 0 Å².